The van der Waals surface area contributed by atoms with Crippen LogP contribution in [0.3, 0.4) is 0 Å². The first-order chi connectivity index (χ1) is 5.22. The molecule has 6 heteroatoms. The lowest BCUT2D eigenvalue weighted by atomic mass is 10.2. The third-order valence-electron chi connectivity index (χ3n) is 1.62. The molecule has 0 saturated carbocycles. The number of nitrogens with two attached hydrogens (primary N) is 1. The third-order valence-corrected chi connectivity index (χ3v) is 1.62. The molecular formula is C5H7N5O. The van der Waals surface area contributed by atoms with Crippen LogP contribution in [-0.4, -0.2) is 35.5 Å². The first-order valence-electron chi connectivity index (χ1n) is 3.11. The van der Waals surface area contributed by atoms with Gasteiger partial charge in [-0.05, 0) is 0 Å². The van der Waals surface area contributed by atoms with Crippen molar-refractivity contribution < 1.29 is 5.11 Å². The van der Waals surface area contributed by atoms with Gasteiger partial charge in [-0.1, -0.05) is 0 Å². The van der Waals surface area contributed by atoms with E-state index in [9.17, 15) is 5.11 Å². The summed E-state index contributed by atoms with van der Waals surface area (Å²) >= 11 is 0. The van der Waals surface area contributed by atoms with E-state index in [1.807, 2.05) is 0 Å². The molecule has 0 aromatic carbocycles. The molecule has 2 rings (SSSR count). The molecule has 0 spiro atoms. The summed E-state index contributed by atoms with van der Waals surface area (Å²) in [6, 6.07) is -0.576. The van der Waals surface area contributed by atoms with E-state index in [2.05, 4.69) is 20.3 Å². The third kappa shape index (κ3) is 0.726. The van der Waals surface area contributed by atoms with Crippen LogP contribution in [-0.2, 0) is 0 Å². The largest absolute Gasteiger partial charge is 0.385 e. The summed E-state index contributed by atoms with van der Waals surface area (Å²) in [6.45, 7) is 0. The quantitative estimate of drug-likeness (QED) is 0.376. The van der Waals surface area contributed by atoms with Crippen molar-refractivity contribution in [2.75, 3.05) is 0 Å². The molecule has 4 N–H and O–H groups in total. The maximum atomic E-state index is 9.59. The van der Waals surface area contributed by atoms with Crippen LogP contribution in [0.25, 0.3) is 0 Å². The van der Waals surface area contributed by atoms with Gasteiger partial charge in [0, 0.05) is 0 Å². The van der Waals surface area contributed by atoms with Crippen molar-refractivity contribution in [2.45, 2.75) is 11.9 Å². The van der Waals surface area contributed by atoms with Crippen molar-refractivity contribution in [2.24, 2.45) is 20.7 Å². The fraction of sp³-hybridized carbons (Fsp3) is 0.400. The summed E-state index contributed by atoms with van der Waals surface area (Å²) in [6.07, 6.45) is 2.59. The number of hydrogen-bond donors (Lipinski definition) is 3. The second-order valence-electron chi connectivity index (χ2n) is 2.35. The lowest BCUT2D eigenvalue weighted by Crippen LogP contribution is -2.53. The van der Waals surface area contributed by atoms with Crippen LogP contribution in [0.1, 0.15) is 0 Å². The van der Waals surface area contributed by atoms with E-state index in [0.717, 1.165) is 0 Å². The van der Waals surface area contributed by atoms with Crippen molar-refractivity contribution in [3.8, 4) is 0 Å². The zero-order valence-corrected chi connectivity index (χ0v) is 5.60. The van der Waals surface area contributed by atoms with Gasteiger partial charge in [-0.3, -0.25) is 4.99 Å². The highest BCUT2D eigenvalue weighted by atomic mass is 16.3. The number of rotatable bonds is 0. The van der Waals surface area contributed by atoms with Gasteiger partial charge in [0.15, 0.2) is 6.04 Å². The normalized spacial score (nSPS) is 39.7. The van der Waals surface area contributed by atoms with Gasteiger partial charge in [-0.25, -0.2) is 9.98 Å². The zero-order chi connectivity index (χ0) is 7.90. The smallest absolute Gasteiger partial charge is 0.267 e. The van der Waals surface area contributed by atoms with E-state index < -0.39 is 11.9 Å². The molecule has 0 fully saturated rings. The average Bonchev–Trinajstić information content (AvgIpc) is 2.31. The molecule has 0 saturated heterocycles. The number of hydrogen-bond acceptors (Lipinski definition) is 6. The highest BCUT2D eigenvalue weighted by Crippen LogP contribution is 2.18. The van der Waals surface area contributed by atoms with Gasteiger partial charge >= 0.3 is 0 Å². The van der Waals surface area contributed by atoms with E-state index >= 15 is 0 Å². The Kier molecular flexibility index (Phi) is 1.02. The Morgan fingerprint density at radius 1 is 1.73 bits per heavy atom. The van der Waals surface area contributed by atoms with Gasteiger partial charge in [0.1, 0.15) is 12.2 Å². The topological polar surface area (TPSA) is 95.4 Å². The molecule has 2 heterocycles. The van der Waals surface area contributed by atoms with Crippen LogP contribution in [0.15, 0.2) is 15.0 Å². The number of amidine groups is 1. The Bertz CT molecular complexity index is 270. The van der Waals surface area contributed by atoms with E-state index in [-0.39, 0.29) is 5.84 Å². The Morgan fingerprint density at radius 2 is 2.55 bits per heavy atom. The van der Waals surface area contributed by atoms with Gasteiger partial charge in [0.25, 0.3) is 5.85 Å². The number of nitrogens with zero attached hydrogens (tertiary/aromatic N) is 3. The predicted octanol–water partition coefficient (Wildman–Crippen LogP) is -1.97. The van der Waals surface area contributed by atoms with Crippen LogP contribution < -0.4 is 11.1 Å². The Hall–Kier alpha value is -1.43. The molecule has 0 unspecified atom stereocenters. The van der Waals surface area contributed by atoms with Gasteiger partial charge in [0.2, 0.25) is 0 Å². The summed E-state index contributed by atoms with van der Waals surface area (Å²) in [5, 5.41) is 12.2. The average molecular weight is 153 g/mol. The maximum absolute atomic E-state index is 9.59. The summed E-state index contributed by atoms with van der Waals surface area (Å²) in [4.78, 5) is 11.3. The molecule has 11 heavy (non-hydrogen) atoms. The highest BCUT2D eigenvalue weighted by molar-refractivity contribution is 5.96. The molecule has 58 valence electrons. The van der Waals surface area contributed by atoms with Crippen LogP contribution in [0, 0.1) is 0 Å². The van der Waals surface area contributed by atoms with Gasteiger partial charge < -0.3 is 16.2 Å². The van der Waals surface area contributed by atoms with Crippen molar-refractivity contribution in [3.05, 3.63) is 0 Å². The Morgan fingerprint density at radius 3 is 3.27 bits per heavy atom. The van der Waals surface area contributed by atoms with Gasteiger partial charge in [0.05, 0.1) is 6.34 Å². The summed E-state index contributed by atoms with van der Waals surface area (Å²) in [7, 11) is 0. The summed E-state index contributed by atoms with van der Waals surface area (Å²) < 4.78 is 0. The molecule has 2 atom stereocenters. The number of fused-ring (bicyclic) bond motifs is 1. The van der Waals surface area contributed by atoms with Crippen LogP contribution >= 0.6 is 0 Å². The van der Waals surface area contributed by atoms with Crippen molar-refractivity contribution in [3.63, 3.8) is 0 Å². The zero-order valence-electron chi connectivity index (χ0n) is 5.60. The number of aliphatic imine (C=N–C) groups is 3. The SMILES string of the molecule is NC1=NC=N[C@]2(O)NC=N[C@@H]12. The minimum atomic E-state index is -1.40. The first-order valence-corrected chi connectivity index (χ1v) is 3.11. The van der Waals surface area contributed by atoms with E-state index in [0.29, 0.717) is 0 Å². The first kappa shape index (κ1) is 6.29. The van der Waals surface area contributed by atoms with Crippen LogP contribution in [0.2, 0.25) is 0 Å². The second-order valence-corrected chi connectivity index (χ2v) is 2.35. The van der Waals surface area contributed by atoms with Gasteiger partial charge in [-0.15, -0.1) is 0 Å². The fourth-order valence-electron chi connectivity index (χ4n) is 1.03. The minimum Gasteiger partial charge on any atom is -0.385 e. The molecule has 0 radical (unpaired) electrons. The predicted molar refractivity (Wildman–Crippen MR) is 40.5 cm³/mol. The maximum Gasteiger partial charge on any atom is 0.267 e. The van der Waals surface area contributed by atoms with Crippen LogP contribution in [0.5, 0.6) is 0 Å². The van der Waals surface area contributed by atoms with Crippen molar-refractivity contribution in [1.29, 1.82) is 0 Å². The molecule has 6 nitrogen and oxygen atoms in total. The van der Waals surface area contributed by atoms with Crippen molar-refractivity contribution >= 4 is 18.5 Å². The van der Waals surface area contributed by atoms with Crippen LogP contribution in [0.4, 0.5) is 0 Å². The molecule has 2 aliphatic rings. The fourth-order valence-corrected chi connectivity index (χ4v) is 1.03. The standard InChI is InChI=1S/C5H7N5O/c6-4-3-5(11,9-1-7-3)10-2-8-4/h1-3,11H,(H,7,9)(H2,6,8,10)/t3-,5+/m0/s1. The summed E-state index contributed by atoms with van der Waals surface area (Å²) in [5.74, 6) is -1.13. The molecule has 0 aromatic rings. The number of aliphatic hydroxyl groups is 1. The second kappa shape index (κ2) is 1.79. The molecule has 0 aliphatic carbocycles. The number of nitrogens with one attached hydrogen (secondary N) is 1. The Balaban J connectivity index is 2.40. The summed E-state index contributed by atoms with van der Waals surface area (Å²) in [5.41, 5.74) is 5.45. The lowest BCUT2D eigenvalue weighted by molar-refractivity contribution is 0.0376. The van der Waals surface area contributed by atoms with Crippen molar-refractivity contribution in [1.82, 2.24) is 5.32 Å². The molecule has 2 aliphatic heterocycles. The van der Waals surface area contributed by atoms with Gasteiger partial charge in [-0.2, -0.15) is 0 Å². The molecular weight excluding hydrogens is 146 g/mol. The monoisotopic (exact) mass is 153 g/mol. The van der Waals surface area contributed by atoms with E-state index in [1.165, 1.54) is 12.7 Å². The molecule has 0 amide bonds. The highest BCUT2D eigenvalue weighted by Gasteiger charge is 2.43. The molecule has 0 bridgehead atoms. The lowest BCUT2D eigenvalue weighted by Gasteiger charge is -2.25. The molecule has 0 aromatic heterocycles. The van der Waals surface area contributed by atoms with E-state index in [1.54, 1.807) is 0 Å². The minimum absolute atomic E-state index is 0.267. The Labute approximate surface area is 62.6 Å². The van der Waals surface area contributed by atoms with E-state index in [4.69, 9.17) is 5.73 Å².